The summed E-state index contributed by atoms with van der Waals surface area (Å²) in [4.78, 5) is 2.37. The summed E-state index contributed by atoms with van der Waals surface area (Å²) < 4.78 is 6.60. The molecular weight excluding hydrogens is 366 g/mol. The molecule has 0 fully saturated rings. The van der Waals surface area contributed by atoms with Crippen molar-refractivity contribution in [2.45, 2.75) is 52.4 Å². The van der Waals surface area contributed by atoms with Gasteiger partial charge in [-0.15, -0.1) is 0 Å². The summed E-state index contributed by atoms with van der Waals surface area (Å²) in [5.74, 6) is 1.85. The molecule has 0 N–H and O–H groups in total. The summed E-state index contributed by atoms with van der Waals surface area (Å²) in [6.45, 7) is 4.36. The molecule has 0 spiro atoms. The van der Waals surface area contributed by atoms with Crippen LogP contribution < -0.4 is 9.64 Å². The third-order valence-electron chi connectivity index (χ3n) is 6.48. The Morgan fingerprint density at radius 3 is 2.33 bits per heavy atom. The topological polar surface area (TPSA) is 12.5 Å². The first-order chi connectivity index (χ1) is 14.7. The van der Waals surface area contributed by atoms with Crippen molar-refractivity contribution in [3.05, 3.63) is 100 Å². The lowest BCUT2D eigenvalue weighted by atomic mass is 9.87. The smallest absolute Gasteiger partial charge is 0.201 e. The molecule has 152 valence electrons. The minimum Gasteiger partial charge on any atom is -0.441 e. The molecule has 0 bridgehead atoms. The van der Waals surface area contributed by atoms with Gasteiger partial charge in [-0.05, 0) is 104 Å². The maximum atomic E-state index is 6.60. The second-order valence-corrected chi connectivity index (χ2v) is 8.48. The first-order valence-corrected chi connectivity index (χ1v) is 11.2. The molecule has 0 saturated heterocycles. The molecule has 0 aromatic heterocycles. The Morgan fingerprint density at radius 2 is 1.47 bits per heavy atom. The molecule has 3 aromatic rings. The fourth-order valence-electron chi connectivity index (χ4n) is 4.86. The number of allylic oxidation sites excluding steroid dienone is 1. The molecule has 0 saturated carbocycles. The molecule has 1 aliphatic carbocycles. The average Bonchev–Trinajstić information content (AvgIpc) is 2.95. The number of hydrogen-bond donors (Lipinski definition) is 0. The number of hydrogen-bond acceptors (Lipinski definition) is 2. The monoisotopic (exact) mass is 395 g/mol. The van der Waals surface area contributed by atoms with Crippen LogP contribution in [-0.2, 0) is 19.3 Å². The van der Waals surface area contributed by atoms with Gasteiger partial charge in [0.2, 0.25) is 5.88 Å². The third kappa shape index (κ3) is 3.41. The van der Waals surface area contributed by atoms with Crippen molar-refractivity contribution in [3.63, 3.8) is 0 Å². The summed E-state index contributed by atoms with van der Waals surface area (Å²) in [6, 6.07) is 21.7. The largest absolute Gasteiger partial charge is 0.441 e. The van der Waals surface area contributed by atoms with Crippen LogP contribution in [0.5, 0.6) is 5.75 Å². The summed E-state index contributed by atoms with van der Waals surface area (Å²) >= 11 is 0. The number of ether oxygens (including phenoxy) is 1. The standard InChI is InChI=1S/C28H29NO/c1-20-18-19-26(24-14-6-5-13-23(20)24)29-25-15-7-4-11-22(25)12-9-17-28(29)30-27-16-8-3-10-21(27)2/h3-4,7-8,10-11,15-19H,5-6,9,12-14H2,1-2H3. The van der Waals surface area contributed by atoms with E-state index in [2.05, 4.69) is 79.4 Å². The van der Waals surface area contributed by atoms with Crippen LogP contribution in [0.1, 0.15) is 47.1 Å². The number of anilines is 2. The lowest BCUT2D eigenvalue weighted by Crippen LogP contribution is -2.24. The van der Waals surface area contributed by atoms with E-state index in [1.54, 1.807) is 0 Å². The van der Waals surface area contributed by atoms with Crippen LogP contribution in [0.4, 0.5) is 11.4 Å². The molecule has 0 atom stereocenters. The van der Waals surface area contributed by atoms with Gasteiger partial charge in [0.05, 0.1) is 11.4 Å². The molecule has 2 aliphatic rings. The first-order valence-electron chi connectivity index (χ1n) is 11.2. The molecule has 2 heteroatoms. The van der Waals surface area contributed by atoms with Crippen LogP contribution in [-0.4, -0.2) is 0 Å². The van der Waals surface area contributed by atoms with Crippen LogP contribution in [0.15, 0.2) is 72.6 Å². The summed E-state index contributed by atoms with van der Waals surface area (Å²) in [5, 5.41) is 0. The average molecular weight is 396 g/mol. The molecule has 1 aliphatic heterocycles. The molecule has 3 aromatic carbocycles. The van der Waals surface area contributed by atoms with Gasteiger partial charge in [0.1, 0.15) is 5.75 Å². The highest BCUT2D eigenvalue weighted by Gasteiger charge is 2.26. The summed E-state index contributed by atoms with van der Waals surface area (Å²) in [5.41, 5.74) is 9.51. The van der Waals surface area contributed by atoms with Gasteiger partial charge in [-0.1, -0.05) is 42.5 Å². The second-order valence-electron chi connectivity index (χ2n) is 8.48. The van der Waals surface area contributed by atoms with Crippen LogP contribution in [0.2, 0.25) is 0 Å². The minimum atomic E-state index is 0.922. The molecule has 0 radical (unpaired) electrons. The van der Waals surface area contributed by atoms with Gasteiger partial charge in [0.25, 0.3) is 0 Å². The van der Waals surface area contributed by atoms with E-state index in [4.69, 9.17) is 4.74 Å². The van der Waals surface area contributed by atoms with Crippen LogP contribution in [0.25, 0.3) is 0 Å². The SMILES string of the molecule is Cc1ccccc1OC1=CCCc2ccccc2N1c1ccc(C)c2c1CCCC2. The molecule has 1 heterocycles. The first kappa shape index (κ1) is 19.0. The van der Waals surface area contributed by atoms with Crippen molar-refractivity contribution in [1.29, 1.82) is 0 Å². The van der Waals surface area contributed by atoms with Crippen LogP contribution in [0, 0.1) is 13.8 Å². The van der Waals surface area contributed by atoms with E-state index in [1.165, 1.54) is 52.9 Å². The van der Waals surface area contributed by atoms with Gasteiger partial charge in [-0.25, -0.2) is 0 Å². The van der Waals surface area contributed by atoms with Gasteiger partial charge in [0, 0.05) is 0 Å². The Bertz CT molecular complexity index is 1110. The molecule has 30 heavy (non-hydrogen) atoms. The highest BCUT2D eigenvalue weighted by atomic mass is 16.5. The number of rotatable bonds is 3. The van der Waals surface area contributed by atoms with Crippen molar-refractivity contribution in [3.8, 4) is 5.75 Å². The normalized spacial score (nSPS) is 15.7. The number of benzene rings is 3. The van der Waals surface area contributed by atoms with E-state index >= 15 is 0 Å². The summed E-state index contributed by atoms with van der Waals surface area (Å²) in [6.07, 6.45) is 9.14. The zero-order valence-electron chi connectivity index (χ0n) is 17.9. The van der Waals surface area contributed by atoms with Crippen molar-refractivity contribution in [2.24, 2.45) is 0 Å². The predicted molar refractivity (Wildman–Crippen MR) is 125 cm³/mol. The molecule has 0 amide bonds. The zero-order valence-corrected chi connectivity index (χ0v) is 17.9. The van der Waals surface area contributed by atoms with Gasteiger partial charge in [-0.2, -0.15) is 0 Å². The lowest BCUT2D eigenvalue weighted by molar-refractivity contribution is 0.412. The Morgan fingerprint density at radius 1 is 0.700 bits per heavy atom. The lowest BCUT2D eigenvalue weighted by Gasteiger charge is -2.32. The minimum absolute atomic E-state index is 0.922. The molecular formula is C28H29NO. The van der Waals surface area contributed by atoms with E-state index in [0.29, 0.717) is 0 Å². The maximum absolute atomic E-state index is 6.60. The number of fused-ring (bicyclic) bond motifs is 2. The Kier molecular flexibility index (Phi) is 5.08. The molecule has 0 unspecified atom stereocenters. The van der Waals surface area contributed by atoms with Gasteiger partial charge >= 0.3 is 0 Å². The maximum Gasteiger partial charge on any atom is 0.201 e. The summed E-state index contributed by atoms with van der Waals surface area (Å²) in [7, 11) is 0. The third-order valence-corrected chi connectivity index (χ3v) is 6.48. The van der Waals surface area contributed by atoms with Crippen molar-refractivity contribution >= 4 is 11.4 Å². The second kappa shape index (κ2) is 8.02. The molecule has 5 rings (SSSR count). The fraction of sp³-hybridized carbons (Fsp3) is 0.286. The van der Waals surface area contributed by atoms with Crippen molar-refractivity contribution < 1.29 is 4.74 Å². The van der Waals surface area contributed by atoms with Crippen molar-refractivity contribution in [2.75, 3.05) is 4.90 Å². The highest BCUT2D eigenvalue weighted by Crippen LogP contribution is 2.41. The van der Waals surface area contributed by atoms with E-state index in [0.717, 1.165) is 36.5 Å². The van der Waals surface area contributed by atoms with Gasteiger partial charge in [0.15, 0.2) is 0 Å². The zero-order chi connectivity index (χ0) is 20.5. The number of aryl methyl sites for hydroxylation is 3. The molecule has 2 nitrogen and oxygen atoms in total. The number of para-hydroxylation sites is 2. The Labute approximate surface area is 179 Å². The van der Waals surface area contributed by atoms with Crippen LogP contribution >= 0.6 is 0 Å². The predicted octanol–water partition coefficient (Wildman–Crippen LogP) is 7.19. The van der Waals surface area contributed by atoms with Gasteiger partial charge < -0.3 is 4.74 Å². The van der Waals surface area contributed by atoms with Crippen molar-refractivity contribution in [1.82, 2.24) is 0 Å². The van der Waals surface area contributed by atoms with E-state index in [-0.39, 0.29) is 0 Å². The Balaban J connectivity index is 1.68. The highest BCUT2D eigenvalue weighted by molar-refractivity contribution is 5.75. The quantitative estimate of drug-likeness (QED) is 0.465. The van der Waals surface area contributed by atoms with E-state index in [9.17, 15) is 0 Å². The van der Waals surface area contributed by atoms with E-state index in [1.807, 2.05) is 6.07 Å². The number of nitrogens with zero attached hydrogens (tertiary/aromatic N) is 1. The Hall–Kier alpha value is -3.00. The van der Waals surface area contributed by atoms with Gasteiger partial charge in [-0.3, -0.25) is 4.90 Å². The fourth-order valence-corrected chi connectivity index (χ4v) is 4.86. The van der Waals surface area contributed by atoms with E-state index < -0.39 is 0 Å². The van der Waals surface area contributed by atoms with Crippen LogP contribution in [0.3, 0.4) is 0 Å².